The summed E-state index contributed by atoms with van der Waals surface area (Å²) in [4.78, 5) is 12.9. The fourth-order valence-electron chi connectivity index (χ4n) is 1.88. The van der Waals surface area contributed by atoms with Crippen molar-refractivity contribution in [1.82, 2.24) is 4.90 Å². The largest absolute Gasteiger partial charge is 0.481 e. The van der Waals surface area contributed by atoms with Gasteiger partial charge in [-0.25, -0.2) is 0 Å². The van der Waals surface area contributed by atoms with E-state index in [9.17, 15) is 4.79 Å². The maximum atomic E-state index is 10.6. The maximum Gasteiger partial charge on any atom is 0.304 e. The number of carboxylic acids is 1. The number of nitrogens with zero attached hydrogens (tertiary/aromatic N) is 1. The van der Waals surface area contributed by atoms with Gasteiger partial charge < -0.3 is 10.0 Å². The van der Waals surface area contributed by atoms with Crippen molar-refractivity contribution in [2.75, 3.05) is 13.1 Å². The van der Waals surface area contributed by atoms with Gasteiger partial charge in [-0.2, -0.15) is 0 Å². The molecule has 3 nitrogen and oxygen atoms in total. The third kappa shape index (κ3) is 5.78. The Bertz CT molecular complexity index is 178. The normalized spacial score (nSPS) is 13.5. The Labute approximate surface area is 93.5 Å². The first kappa shape index (κ1) is 14.4. The molecule has 1 unspecified atom stereocenters. The van der Waals surface area contributed by atoms with Crippen molar-refractivity contribution < 1.29 is 9.90 Å². The summed E-state index contributed by atoms with van der Waals surface area (Å²) in [7, 11) is 0. The monoisotopic (exact) mass is 215 g/mol. The SMILES string of the molecule is CCC(CC)CN(CC)C(C)CC(=O)O. The van der Waals surface area contributed by atoms with E-state index in [0.717, 1.165) is 13.1 Å². The van der Waals surface area contributed by atoms with Crippen molar-refractivity contribution >= 4 is 5.97 Å². The molecule has 90 valence electrons. The average Bonchev–Trinajstić information content (AvgIpc) is 2.18. The Balaban J connectivity index is 4.15. The van der Waals surface area contributed by atoms with E-state index < -0.39 is 5.97 Å². The van der Waals surface area contributed by atoms with E-state index in [1.165, 1.54) is 12.8 Å². The molecule has 0 fully saturated rings. The first-order chi connectivity index (χ1) is 7.04. The van der Waals surface area contributed by atoms with Crippen molar-refractivity contribution in [2.24, 2.45) is 5.92 Å². The second-order valence-electron chi connectivity index (χ2n) is 4.22. The highest BCUT2D eigenvalue weighted by Gasteiger charge is 2.17. The molecule has 0 aromatic carbocycles. The van der Waals surface area contributed by atoms with Gasteiger partial charge in [-0.3, -0.25) is 4.79 Å². The summed E-state index contributed by atoms with van der Waals surface area (Å²) in [6, 6.07) is 0.146. The minimum Gasteiger partial charge on any atom is -0.481 e. The molecule has 1 atom stereocenters. The zero-order valence-corrected chi connectivity index (χ0v) is 10.5. The number of hydrogen-bond acceptors (Lipinski definition) is 2. The quantitative estimate of drug-likeness (QED) is 0.676. The molecule has 0 heterocycles. The van der Waals surface area contributed by atoms with Crippen molar-refractivity contribution in [2.45, 2.75) is 53.0 Å². The lowest BCUT2D eigenvalue weighted by Gasteiger charge is -2.30. The Morgan fingerprint density at radius 1 is 1.27 bits per heavy atom. The lowest BCUT2D eigenvalue weighted by molar-refractivity contribution is -0.138. The van der Waals surface area contributed by atoms with Crippen molar-refractivity contribution in [1.29, 1.82) is 0 Å². The molecular weight excluding hydrogens is 190 g/mol. The smallest absolute Gasteiger partial charge is 0.304 e. The molecule has 0 saturated heterocycles. The van der Waals surface area contributed by atoms with E-state index in [1.807, 2.05) is 6.92 Å². The molecule has 0 rings (SSSR count). The fraction of sp³-hybridized carbons (Fsp3) is 0.917. The van der Waals surface area contributed by atoms with Crippen LogP contribution in [-0.4, -0.2) is 35.1 Å². The number of carboxylic acid groups (broad SMARTS) is 1. The van der Waals surface area contributed by atoms with Crippen LogP contribution >= 0.6 is 0 Å². The van der Waals surface area contributed by atoms with Crippen molar-refractivity contribution in [3.8, 4) is 0 Å². The highest BCUT2D eigenvalue weighted by Crippen LogP contribution is 2.13. The number of rotatable bonds is 8. The molecule has 0 bridgehead atoms. The summed E-state index contributed by atoms with van der Waals surface area (Å²) in [5.41, 5.74) is 0. The molecule has 0 radical (unpaired) electrons. The molecule has 0 amide bonds. The first-order valence-corrected chi connectivity index (χ1v) is 6.00. The molecule has 0 aliphatic rings. The van der Waals surface area contributed by atoms with E-state index in [-0.39, 0.29) is 12.5 Å². The van der Waals surface area contributed by atoms with Crippen LogP contribution in [0.5, 0.6) is 0 Å². The van der Waals surface area contributed by atoms with Crippen molar-refractivity contribution in [3.05, 3.63) is 0 Å². The molecule has 0 aromatic rings. The minimum absolute atomic E-state index is 0.146. The fourth-order valence-corrected chi connectivity index (χ4v) is 1.88. The van der Waals surface area contributed by atoms with E-state index in [4.69, 9.17) is 5.11 Å². The lowest BCUT2D eigenvalue weighted by atomic mass is 10.0. The van der Waals surface area contributed by atoms with Gasteiger partial charge in [0.2, 0.25) is 0 Å². The number of carbonyl (C=O) groups is 1. The van der Waals surface area contributed by atoms with Crippen LogP contribution in [0, 0.1) is 5.92 Å². The summed E-state index contributed by atoms with van der Waals surface area (Å²) in [5, 5.41) is 8.75. The van der Waals surface area contributed by atoms with Crippen molar-refractivity contribution in [3.63, 3.8) is 0 Å². The van der Waals surface area contributed by atoms with Crippen LogP contribution in [0.3, 0.4) is 0 Å². The predicted molar refractivity (Wildman–Crippen MR) is 63.0 cm³/mol. The van der Waals surface area contributed by atoms with Crippen LogP contribution in [0.25, 0.3) is 0 Å². The third-order valence-corrected chi connectivity index (χ3v) is 3.15. The summed E-state index contributed by atoms with van der Waals surface area (Å²) in [5.74, 6) is -0.00769. The van der Waals surface area contributed by atoms with Gasteiger partial charge in [-0.1, -0.05) is 33.6 Å². The second-order valence-corrected chi connectivity index (χ2v) is 4.22. The van der Waals surface area contributed by atoms with Gasteiger partial charge in [0.1, 0.15) is 0 Å². The van der Waals surface area contributed by atoms with Crippen LogP contribution in [0.4, 0.5) is 0 Å². The van der Waals surface area contributed by atoms with Gasteiger partial charge in [0.05, 0.1) is 6.42 Å². The van der Waals surface area contributed by atoms with E-state index in [0.29, 0.717) is 5.92 Å². The van der Waals surface area contributed by atoms with Gasteiger partial charge in [0.15, 0.2) is 0 Å². The molecule has 1 N–H and O–H groups in total. The Morgan fingerprint density at radius 2 is 1.80 bits per heavy atom. The lowest BCUT2D eigenvalue weighted by Crippen LogP contribution is -2.38. The second kappa shape index (κ2) is 7.69. The molecule has 0 saturated carbocycles. The Kier molecular flexibility index (Phi) is 7.39. The van der Waals surface area contributed by atoms with Crippen LogP contribution < -0.4 is 0 Å². The maximum absolute atomic E-state index is 10.6. The summed E-state index contributed by atoms with van der Waals surface area (Å²) in [6.45, 7) is 10.5. The van der Waals surface area contributed by atoms with Crippen LogP contribution in [0.15, 0.2) is 0 Å². The molecular formula is C12H25NO2. The van der Waals surface area contributed by atoms with Gasteiger partial charge in [0.25, 0.3) is 0 Å². The molecule has 0 spiro atoms. The molecule has 3 heteroatoms. The van der Waals surface area contributed by atoms with Gasteiger partial charge in [-0.05, 0) is 19.4 Å². The number of aliphatic carboxylic acids is 1. The van der Waals surface area contributed by atoms with E-state index in [1.54, 1.807) is 0 Å². The standard InChI is InChI=1S/C12H25NO2/c1-5-11(6-2)9-13(7-3)10(4)8-12(14)15/h10-11H,5-9H2,1-4H3,(H,14,15). The summed E-state index contributed by atoms with van der Waals surface area (Å²) < 4.78 is 0. The van der Waals surface area contributed by atoms with Gasteiger partial charge >= 0.3 is 5.97 Å². The van der Waals surface area contributed by atoms with Crippen LogP contribution in [0.2, 0.25) is 0 Å². The molecule has 0 aliphatic heterocycles. The Morgan fingerprint density at radius 3 is 2.13 bits per heavy atom. The van der Waals surface area contributed by atoms with Crippen LogP contribution in [0.1, 0.15) is 47.0 Å². The average molecular weight is 215 g/mol. The number of hydrogen-bond donors (Lipinski definition) is 1. The van der Waals surface area contributed by atoms with Gasteiger partial charge in [0, 0.05) is 12.6 Å². The highest BCUT2D eigenvalue weighted by molar-refractivity contribution is 5.67. The zero-order chi connectivity index (χ0) is 11.8. The first-order valence-electron chi connectivity index (χ1n) is 6.00. The Hall–Kier alpha value is -0.570. The van der Waals surface area contributed by atoms with E-state index in [2.05, 4.69) is 25.7 Å². The van der Waals surface area contributed by atoms with Crippen LogP contribution in [-0.2, 0) is 4.79 Å². The molecule has 15 heavy (non-hydrogen) atoms. The summed E-state index contributed by atoms with van der Waals surface area (Å²) in [6.07, 6.45) is 2.59. The third-order valence-electron chi connectivity index (χ3n) is 3.15. The summed E-state index contributed by atoms with van der Waals surface area (Å²) >= 11 is 0. The molecule has 0 aliphatic carbocycles. The molecule has 0 aromatic heterocycles. The highest BCUT2D eigenvalue weighted by atomic mass is 16.4. The predicted octanol–water partition coefficient (Wildman–Crippen LogP) is 2.61. The minimum atomic E-state index is -0.703. The zero-order valence-electron chi connectivity index (χ0n) is 10.5. The topological polar surface area (TPSA) is 40.5 Å². The van der Waals surface area contributed by atoms with Gasteiger partial charge in [-0.15, -0.1) is 0 Å². The van der Waals surface area contributed by atoms with E-state index >= 15 is 0 Å².